The van der Waals surface area contributed by atoms with E-state index in [0.29, 0.717) is 10.6 Å². The van der Waals surface area contributed by atoms with Crippen molar-refractivity contribution in [1.82, 2.24) is 4.98 Å². The molecule has 1 unspecified atom stereocenters. The first kappa shape index (κ1) is 22.7. The van der Waals surface area contributed by atoms with E-state index in [4.69, 9.17) is 9.47 Å². The van der Waals surface area contributed by atoms with E-state index in [1.807, 2.05) is 0 Å². The molecule has 2 rings (SSSR count). The van der Waals surface area contributed by atoms with Crippen molar-refractivity contribution in [3.05, 3.63) is 10.6 Å². The van der Waals surface area contributed by atoms with Crippen molar-refractivity contribution >= 4 is 62.9 Å². The molecule has 0 fully saturated rings. The van der Waals surface area contributed by atoms with Crippen molar-refractivity contribution in [2.75, 3.05) is 24.3 Å². The number of amides is 3. The number of hydrogen-bond acceptors (Lipinski definition) is 9. The Balaban J connectivity index is 2.02. The summed E-state index contributed by atoms with van der Waals surface area (Å²) in [6.45, 7) is 6.94. The molecule has 1 aliphatic heterocycles. The van der Waals surface area contributed by atoms with E-state index in [-0.39, 0.29) is 34.9 Å². The second-order valence-corrected chi connectivity index (χ2v) is 7.66. The normalized spacial score (nSPS) is 16.0. The lowest BCUT2D eigenvalue weighted by Gasteiger charge is -2.19. The molecule has 1 aliphatic rings. The van der Waals surface area contributed by atoms with Crippen molar-refractivity contribution in [2.24, 2.45) is 15.9 Å². The topological polar surface area (TPSA) is 136 Å². The quantitative estimate of drug-likeness (QED) is 0.639. The van der Waals surface area contributed by atoms with E-state index in [0.717, 1.165) is 23.1 Å². The Morgan fingerprint density at radius 3 is 2.48 bits per heavy atom. The van der Waals surface area contributed by atoms with Gasteiger partial charge in [0.2, 0.25) is 5.91 Å². The highest BCUT2D eigenvalue weighted by Crippen LogP contribution is 2.25. The van der Waals surface area contributed by atoms with Gasteiger partial charge in [-0.05, 0) is 27.7 Å². The number of hydrogen-bond donors (Lipinski definition) is 1. The van der Waals surface area contributed by atoms with Crippen LogP contribution in [0.4, 0.5) is 9.93 Å². The van der Waals surface area contributed by atoms with Gasteiger partial charge in [0.05, 0.1) is 29.7 Å². The fraction of sp³-hybridized carbons (Fsp3) is 0.471. The monoisotopic (exact) mass is 440 g/mol. The van der Waals surface area contributed by atoms with E-state index >= 15 is 0 Å². The van der Waals surface area contributed by atoms with Gasteiger partial charge in [-0.2, -0.15) is 9.98 Å². The molecule has 1 aromatic rings. The van der Waals surface area contributed by atoms with E-state index in [9.17, 15) is 19.2 Å². The van der Waals surface area contributed by atoms with Crippen LogP contribution in [0.25, 0.3) is 0 Å². The second kappa shape index (κ2) is 10.3. The number of rotatable bonds is 7. The maximum absolute atomic E-state index is 12.3. The average Bonchev–Trinajstić information content (AvgIpc) is 3.00. The van der Waals surface area contributed by atoms with Crippen molar-refractivity contribution < 1.29 is 28.7 Å². The minimum atomic E-state index is -0.914. The van der Waals surface area contributed by atoms with Crippen LogP contribution < -0.4 is 5.32 Å². The molecule has 0 saturated heterocycles. The Labute approximate surface area is 175 Å². The molecule has 12 heteroatoms. The zero-order valence-corrected chi connectivity index (χ0v) is 17.9. The molecule has 0 bridgehead atoms. The molecule has 1 aromatic heterocycles. The summed E-state index contributed by atoms with van der Waals surface area (Å²) in [5.41, 5.74) is 0.717. The van der Waals surface area contributed by atoms with Crippen LogP contribution in [0.15, 0.2) is 9.98 Å². The minimum Gasteiger partial charge on any atom is -0.465 e. The SMILES string of the molecule is CCOC(=O)c1sc(NC(=O)CSC2=NC(=O)N=C(C)C2C(=O)OCC)nc1C. The number of aliphatic imine (C=N–C) groups is 2. The zero-order chi connectivity index (χ0) is 21.6. The maximum atomic E-state index is 12.3. The van der Waals surface area contributed by atoms with E-state index in [1.54, 1.807) is 20.8 Å². The number of anilines is 1. The van der Waals surface area contributed by atoms with Crippen LogP contribution in [-0.2, 0) is 19.1 Å². The number of thioether (sulfide) groups is 1. The lowest BCUT2D eigenvalue weighted by Crippen LogP contribution is -2.34. The van der Waals surface area contributed by atoms with Gasteiger partial charge >= 0.3 is 18.0 Å². The van der Waals surface area contributed by atoms with Gasteiger partial charge in [-0.25, -0.2) is 14.6 Å². The van der Waals surface area contributed by atoms with Crippen LogP contribution in [-0.4, -0.2) is 58.6 Å². The van der Waals surface area contributed by atoms with Crippen molar-refractivity contribution in [3.8, 4) is 0 Å². The molecule has 0 radical (unpaired) electrons. The Morgan fingerprint density at radius 2 is 1.83 bits per heavy atom. The van der Waals surface area contributed by atoms with Crippen LogP contribution in [0.2, 0.25) is 0 Å². The highest BCUT2D eigenvalue weighted by Gasteiger charge is 2.33. The number of ether oxygens (including phenoxy) is 2. The predicted octanol–water partition coefficient (Wildman–Crippen LogP) is 2.47. The molecule has 0 aliphatic carbocycles. The minimum absolute atomic E-state index is 0.122. The highest BCUT2D eigenvalue weighted by atomic mass is 32.2. The number of urea groups is 1. The lowest BCUT2D eigenvalue weighted by molar-refractivity contribution is -0.143. The number of carbonyl (C=O) groups is 4. The van der Waals surface area contributed by atoms with Crippen LogP contribution in [0.5, 0.6) is 0 Å². The number of aromatic nitrogens is 1. The van der Waals surface area contributed by atoms with Crippen LogP contribution in [0.3, 0.4) is 0 Å². The molecule has 0 spiro atoms. The first-order chi connectivity index (χ1) is 13.8. The Hall–Kier alpha value is -2.60. The lowest BCUT2D eigenvalue weighted by atomic mass is 10.1. The summed E-state index contributed by atoms with van der Waals surface area (Å²) in [7, 11) is 0. The number of thiazole rings is 1. The number of esters is 2. The molecule has 156 valence electrons. The van der Waals surface area contributed by atoms with Gasteiger partial charge in [-0.15, -0.1) is 0 Å². The third-order valence-electron chi connectivity index (χ3n) is 3.52. The first-order valence-corrected chi connectivity index (χ1v) is 10.5. The second-order valence-electron chi connectivity index (χ2n) is 5.66. The van der Waals surface area contributed by atoms with Gasteiger partial charge in [-0.3, -0.25) is 9.59 Å². The Morgan fingerprint density at radius 1 is 1.14 bits per heavy atom. The summed E-state index contributed by atoms with van der Waals surface area (Å²) < 4.78 is 9.94. The smallest absolute Gasteiger partial charge is 0.367 e. The molecule has 2 heterocycles. The predicted molar refractivity (Wildman–Crippen MR) is 110 cm³/mol. The molecule has 3 amide bonds. The van der Waals surface area contributed by atoms with E-state index in [1.165, 1.54) is 6.92 Å². The van der Waals surface area contributed by atoms with Gasteiger partial charge in [0.1, 0.15) is 10.8 Å². The third-order valence-corrected chi connectivity index (χ3v) is 5.60. The third kappa shape index (κ3) is 5.94. The summed E-state index contributed by atoms with van der Waals surface area (Å²) in [5, 5.41) is 2.98. The Bertz CT molecular complexity index is 892. The fourth-order valence-electron chi connectivity index (χ4n) is 2.32. The van der Waals surface area contributed by atoms with Crippen LogP contribution in [0, 0.1) is 12.8 Å². The van der Waals surface area contributed by atoms with Crippen molar-refractivity contribution in [1.29, 1.82) is 0 Å². The van der Waals surface area contributed by atoms with Gasteiger partial charge < -0.3 is 14.8 Å². The molecular weight excluding hydrogens is 420 g/mol. The zero-order valence-electron chi connectivity index (χ0n) is 16.3. The van der Waals surface area contributed by atoms with Crippen LogP contribution >= 0.6 is 23.1 Å². The highest BCUT2D eigenvalue weighted by molar-refractivity contribution is 8.14. The number of aryl methyl sites for hydroxylation is 1. The standard InChI is InChI=1S/C17H20N4O6S2/c1-5-26-14(23)11-8(3)18-16(25)21-13(11)28-7-10(22)20-17-19-9(4)12(29-17)15(24)27-6-2/h11H,5-7H2,1-4H3,(H,19,20,22). The summed E-state index contributed by atoms with van der Waals surface area (Å²) in [4.78, 5) is 59.8. The average molecular weight is 441 g/mol. The van der Waals surface area contributed by atoms with Crippen LogP contribution in [0.1, 0.15) is 36.1 Å². The van der Waals surface area contributed by atoms with Crippen molar-refractivity contribution in [2.45, 2.75) is 27.7 Å². The molecular formula is C17H20N4O6S2. The molecule has 0 saturated carbocycles. The number of carbonyl (C=O) groups excluding carboxylic acids is 4. The Kier molecular flexibility index (Phi) is 8.02. The van der Waals surface area contributed by atoms with Crippen molar-refractivity contribution in [3.63, 3.8) is 0 Å². The van der Waals surface area contributed by atoms with Gasteiger partial charge in [0, 0.05) is 5.71 Å². The molecule has 0 aromatic carbocycles. The fourth-order valence-corrected chi connectivity index (χ4v) is 4.12. The first-order valence-electron chi connectivity index (χ1n) is 8.68. The summed E-state index contributed by atoms with van der Waals surface area (Å²) in [6, 6.07) is -0.736. The molecule has 29 heavy (non-hydrogen) atoms. The van der Waals surface area contributed by atoms with Gasteiger partial charge in [0.25, 0.3) is 0 Å². The van der Waals surface area contributed by atoms with Gasteiger partial charge in [-0.1, -0.05) is 23.1 Å². The summed E-state index contributed by atoms with van der Waals surface area (Å²) in [5.74, 6) is -2.55. The largest absolute Gasteiger partial charge is 0.465 e. The maximum Gasteiger partial charge on any atom is 0.367 e. The molecule has 10 nitrogen and oxygen atoms in total. The molecule has 1 N–H and O–H groups in total. The van der Waals surface area contributed by atoms with Gasteiger partial charge in [0.15, 0.2) is 5.13 Å². The van der Waals surface area contributed by atoms with E-state index < -0.39 is 29.8 Å². The number of nitrogens with zero attached hydrogens (tertiary/aromatic N) is 3. The van der Waals surface area contributed by atoms with E-state index in [2.05, 4.69) is 20.3 Å². The summed E-state index contributed by atoms with van der Waals surface area (Å²) >= 11 is 1.95. The summed E-state index contributed by atoms with van der Waals surface area (Å²) in [6.07, 6.45) is 0. The number of nitrogens with one attached hydrogen (secondary N) is 1. The molecule has 1 atom stereocenters.